The maximum Gasteiger partial charge on any atom is 0.0459 e. The molecule has 0 heterocycles. The minimum Gasteiger partial charge on any atom is -0.396 e. The Bertz CT molecular complexity index is 337. The van der Waals surface area contributed by atoms with E-state index in [-0.39, 0.29) is 12.1 Å². The molecule has 0 spiro atoms. The third-order valence-corrected chi connectivity index (χ3v) is 3.37. The Morgan fingerprint density at radius 1 is 1.29 bits per heavy atom. The second-order valence-corrected chi connectivity index (χ2v) is 5.37. The van der Waals surface area contributed by atoms with Crippen molar-refractivity contribution >= 4 is 0 Å². The SMILES string of the molecule is CCC(CO)CCc1ccccc1C(C)(C)N. The number of nitrogens with two attached hydrogens (primary N) is 1. The predicted molar refractivity (Wildman–Crippen MR) is 72.8 cm³/mol. The van der Waals surface area contributed by atoms with Crippen LogP contribution in [-0.4, -0.2) is 11.7 Å². The van der Waals surface area contributed by atoms with Gasteiger partial charge >= 0.3 is 0 Å². The van der Waals surface area contributed by atoms with Crippen molar-refractivity contribution in [2.75, 3.05) is 6.61 Å². The molecule has 1 aromatic carbocycles. The van der Waals surface area contributed by atoms with Gasteiger partial charge in [0, 0.05) is 12.1 Å². The van der Waals surface area contributed by atoms with Crippen LogP contribution in [0.4, 0.5) is 0 Å². The van der Waals surface area contributed by atoms with E-state index in [0.29, 0.717) is 5.92 Å². The van der Waals surface area contributed by atoms with Gasteiger partial charge in [-0.1, -0.05) is 37.6 Å². The van der Waals surface area contributed by atoms with Gasteiger partial charge in [0.05, 0.1) is 0 Å². The highest BCUT2D eigenvalue weighted by atomic mass is 16.3. The number of hydrogen-bond acceptors (Lipinski definition) is 2. The molecule has 2 heteroatoms. The van der Waals surface area contributed by atoms with Crippen molar-refractivity contribution in [1.82, 2.24) is 0 Å². The highest BCUT2D eigenvalue weighted by molar-refractivity contribution is 5.32. The van der Waals surface area contributed by atoms with Crippen molar-refractivity contribution in [2.24, 2.45) is 11.7 Å². The minimum atomic E-state index is -0.294. The van der Waals surface area contributed by atoms with E-state index >= 15 is 0 Å². The molecule has 1 atom stereocenters. The molecule has 0 amide bonds. The van der Waals surface area contributed by atoms with E-state index < -0.39 is 0 Å². The fraction of sp³-hybridized carbons (Fsp3) is 0.600. The molecule has 0 saturated heterocycles. The van der Waals surface area contributed by atoms with E-state index in [9.17, 15) is 5.11 Å². The molecule has 3 N–H and O–H groups in total. The summed E-state index contributed by atoms with van der Waals surface area (Å²) in [5.41, 5.74) is 8.41. The van der Waals surface area contributed by atoms with Gasteiger partial charge in [-0.3, -0.25) is 0 Å². The van der Waals surface area contributed by atoms with E-state index in [2.05, 4.69) is 25.1 Å². The Balaban J connectivity index is 2.77. The molecule has 0 aromatic heterocycles. The van der Waals surface area contributed by atoms with E-state index in [1.807, 2.05) is 19.9 Å². The smallest absolute Gasteiger partial charge is 0.0459 e. The lowest BCUT2D eigenvalue weighted by molar-refractivity contribution is 0.215. The van der Waals surface area contributed by atoms with E-state index in [1.165, 1.54) is 11.1 Å². The molecule has 1 aromatic rings. The molecule has 96 valence electrons. The number of aliphatic hydroxyl groups excluding tert-OH is 1. The van der Waals surface area contributed by atoms with Crippen LogP contribution in [-0.2, 0) is 12.0 Å². The molecule has 1 unspecified atom stereocenters. The molecular weight excluding hydrogens is 210 g/mol. The summed E-state index contributed by atoms with van der Waals surface area (Å²) in [4.78, 5) is 0. The third-order valence-electron chi connectivity index (χ3n) is 3.37. The van der Waals surface area contributed by atoms with Crippen molar-refractivity contribution in [2.45, 2.75) is 45.6 Å². The lowest BCUT2D eigenvalue weighted by Crippen LogP contribution is -2.30. The van der Waals surface area contributed by atoms with Crippen LogP contribution >= 0.6 is 0 Å². The fourth-order valence-corrected chi connectivity index (χ4v) is 2.15. The zero-order valence-electron chi connectivity index (χ0n) is 11.2. The monoisotopic (exact) mass is 235 g/mol. The molecule has 0 aliphatic rings. The van der Waals surface area contributed by atoms with Gasteiger partial charge in [-0.05, 0) is 43.7 Å². The maximum atomic E-state index is 9.21. The van der Waals surface area contributed by atoms with Crippen LogP contribution in [0.15, 0.2) is 24.3 Å². The van der Waals surface area contributed by atoms with Crippen LogP contribution in [0.2, 0.25) is 0 Å². The number of hydrogen-bond donors (Lipinski definition) is 2. The Morgan fingerprint density at radius 3 is 2.47 bits per heavy atom. The summed E-state index contributed by atoms with van der Waals surface area (Å²) in [5, 5.41) is 9.21. The topological polar surface area (TPSA) is 46.2 Å². The zero-order chi connectivity index (χ0) is 12.9. The van der Waals surface area contributed by atoms with E-state index in [4.69, 9.17) is 5.73 Å². The Hall–Kier alpha value is -0.860. The number of aryl methyl sites for hydroxylation is 1. The highest BCUT2D eigenvalue weighted by Gasteiger charge is 2.18. The van der Waals surface area contributed by atoms with Crippen LogP contribution in [0.25, 0.3) is 0 Å². The highest BCUT2D eigenvalue weighted by Crippen LogP contribution is 2.23. The third kappa shape index (κ3) is 4.14. The Kier molecular flexibility index (Phi) is 5.16. The first-order chi connectivity index (χ1) is 7.99. The molecule has 0 fully saturated rings. The lowest BCUT2D eigenvalue weighted by Gasteiger charge is -2.23. The molecule has 0 aliphatic carbocycles. The Morgan fingerprint density at radius 2 is 1.94 bits per heavy atom. The molecular formula is C15H25NO. The van der Waals surface area contributed by atoms with Gasteiger partial charge in [0.1, 0.15) is 0 Å². The predicted octanol–water partition coefficient (Wildman–Crippen LogP) is 2.83. The number of benzene rings is 1. The fourth-order valence-electron chi connectivity index (χ4n) is 2.15. The van der Waals surface area contributed by atoms with Gasteiger partial charge in [0.15, 0.2) is 0 Å². The van der Waals surface area contributed by atoms with Crippen LogP contribution in [0, 0.1) is 5.92 Å². The maximum absolute atomic E-state index is 9.21. The van der Waals surface area contributed by atoms with Crippen molar-refractivity contribution in [1.29, 1.82) is 0 Å². The summed E-state index contributed by atoms with van der Waals surface area (Å²) in [5.74, 6) is 0.406. The summed E-state index contributed by atoms with van der Waals surface area (Å²) in [6.45, 7) is 6.48. The summed E-state index contributed by atoms with van der Waals surface area (Å²) >= 11 is 0. The van der Waals surface area contributed by atoms with Gasteiger partial charge in [-0.2, -0.15) is 0 Å². The van der Waals surface area contributed by atoms with Crippen LogP contribution in [0.1, 0.15) is 44.7 Å². The Labute approximate surface area is 105 Å². The van der Waals surface area contributed by atoms with E-state index in [0.717, 1.165) is 19.3 Å². The normalized spacial score (nSPS) is 13.7. The average molecular weight is 235 g/mol. The summed E-state index contributed by atoms with van der Waals surface area (Å²) in [6.07, 6.45) is 3.06. The van der Waals surface area contributed by atoms with Gasteiger partial charge in [0.25, 0.3) is 0 Å². The van der Waals surface area contributed by atoms with Gasteiger partial charge < -0.3 is 10.8 Å². The van der Waals surface area contributed by atoms with Crippen LogP contribution in [0.5, 0.6) is 0 Å². The van der Waals surface area contributed by atoms with Gasteiger partial charge in [-0.25, -0.2) is 0 Å². The molecule has 2 nitrogen and oxygen atoms in total. The van der Waals surface area contributed by atoms with Crippen molar-refractivity contribution in [3.8, 4) is 0 Å². The first kappa shape index (κ1) is 14.2. The first-order valence-corrected chi connectivity index (χ1v) is 6.47. The average Bonchev–Trinajstić information content (AvgIpc) is 2.29. The number of rotatable bonds is 6. The lowest BCUT2D eigenvalue weighted by atomic mass is 9.87. The van der Waals surface area contributed by atoms with Gasteiger partial charge in [0.2, 0.25) is 0 Å². The van der Waals surface area contributed by atoms with Gasteiger partial charge in [-0.15, -0.1) is 0 Å². The first-order valence-electron chi connectivity index (χ1n) is 6.47. The minimum absolute atomic E-state index is 0.282. The van der Waals surface area contributed by atoms with Crippen molar-refractivity contribution in [3.63, 3.8) is 0 Å². The van der Waals surface area contributed by atoms with Crippen molar-refractivity contribution in [3.05, 3.63) is 35.4 Å². The quantitative estimate of drug-likeness (QED) is 0.796. The number of aliphatic hydroxyl groups is 1. The molecule has 1 rings (SSSR count). The second kappa shape index (κ2) is 6.18. The molecule has 0 saturated carbocycles. The summed E-state index contributed by atoms with van der Waals surface area (Å²) < 4.78 is 0. The molecule has 0 bridgehead atoms. The second-order valence-electron chi connectivity index (χ2n) is 5.37. The van der Waals surface area contributed by atoms with Crippen molar-refractivity contribution < 1.29 is 5.11 Å². The standard InChI is InChI=1S/C15H25NO/c1-4-12(11-17)9-10-13-7-5-6-8-14(13)15(2,3)16/h5-8,12,17H,4,9-11,16H2,1-3H3. The zero-order valence-corrected chi connectivity index (χ0v) is 11.2. The largest absolute Gasteiger partial charge is 0.396 e. The summed E-state index contributed by atoms with van der Waals surface area (Å²) in [7, 11) is 0. The van der Waals surface area contributed by atoms with Crippen LogP contribution < -0.4 is 5.73 Å². The molecule has 17 heavy (non-hydrogen) atoms. The molecule has 0 radical (unpaired) electrons. The molecule has 0 aliphatic heterocycles. The summed E-state index contributed by atoms with van der Waals surface area (Å²) in [6, 6.07) is 8.35. The van der Waals surface area contributed by atoms with Crippen LogP contribution in [0.3, 0.4) is 0 Å². The van der Waals surface area contributed by atoms with E-state index in [1.54, 1.807) is 0 Å².